The van der Waals surface area contributed by atoms with Gasteiger partial charge in [0.05, 0.1) is 18.3 Å². The summed E-state index contributed by atoms with van der Waals surface area (Å²) in [6, 6.07) is 3.70. The lowest BCUT2D eigenvalue weighted by Crippen LogP contribution is -2.41. The zero-order chi connectivity index (χ0) is 14.8. The maximum Gasteiger partial charge on any atom is 0.270 e. The maximum absolute atomic E-state index is 12.6. The van der Waals surface area contributed by atoms with Crippen LogP contribution < -0.4 is 0 Å². The molecule has 1 aliphatic rings. The molecule has 6 nitrogen and oxygen atoms in total. The van der Waals surface area contributed by atoms with E-state index in [1.54, 1.807) is 18.0 Å². The molecule has 1 N–H and O–H groups in total. The van der Waals surface area contributed by atoms with Crippen molar-refractivity contribution in [2.75, 3.05) is 13.7 Å². The fourth-order valence-electron chi connectivity index (χ4n) is 3.03. The zero-order valence-corrected chi connectivity index (χ0v) is 12.3. The van der Waals surface area contributed by atoms with Gasteiger partial charge < -0.3 is 14.6 Å². The average Bonchev–Trinajstić information content (AvgIpc) is 3.19. The van der Waals surface area contributed by atoms with Gasteiger partial charge in [-0.1, -0.05) is 0 Å². The number of methoxy groups -OCH3 is 1. The van der Waals surface area contributed by atoms with Crippen molar-refractivity contribution in [1.29, 1.82) is 0 Å². The molecular formula is C15H20N4O2. The van der Waals surface area contributed by atoms with Gasteiger partial charge in [-0.25, -0.2) is 0 Å². The minimum absolute atomic E-state index is 0.0356. The average molecular weight is 288 g/mol. The molecule has 0 radical (unpaired) electrons. The van der Waals surface area contributed by atoms with E-state index in [0.29, 0.717) is 5.69 Å². The van der Waals surface area contributed by atoms with Gasteiger partial charge in [0.1, 0.15) is 5.69 Å². The number of aromatic nitrogens is 3. The predicted molar refractivity (Wildman–Crippen MR) is 77.9 cm³/mol. The molecule has 1 amide bonds. The summed E-state index contributed by atoms with van der Waals surface area (Å²) in [4.78, 5) is 17.5. The molecule has 2 atom stereocenters. The molecule has 21 heavy (non-hydrogen) atoms. The normalized spacial score (nSPS) is 21.9. The van der Waals surface area contributed by atoms with Crippen molar-refractivity contribution in [1.82, 2.24) is 19.7 Å². The van der Waals surface area contributed by atoms with Gasteiger partial charge in [-0.3, -0.25) is 9.48 Å². The van der Waals surface area contributed by atoms with Crippen molar-refractivity contribution < 1.29 is 9.53 Å². The second-order valence-corrected chi connectivity index (χ2v) is 5.44. The Hall–Kier alpha value is -2.08. The third-order valence-corrected chi connectivity index (χ3v) is 4.08. The highest BCUT2D eigenvalue weighted by Gasteiger charge is 2.37. The number of carbonyl (C=O) groups excluding carboxylic acids is 1. The largest absolute Gasteiger partial charge is 0.379 e. The fraction of sp³-hybridized carbons (Fsp3) is 0.467. The van der Waals surface area contributed by atoms with Gasteiger partial charge in [-0.05, 0) is 30.5 Å². The first-order valence-electron chi connectivity index (χ1n) is 7.13. The Bertz CT molecular complexity index is 605. The third-order valence-electron chi connectivity index (χ3n) is 4.08. The Labute approximate surface area is 123 Å². The first-order valence-corrected chi connectivity index (χ1v) is 7.13. The topological polar surface area (TPSA) is 63.1 Å². The first kappa shape index (κ1) is 13.9. The number of nitrogens with zero attached hydrogens (tertiary/aromatic N) is 3. The quantitative estimate of drug-likeness (QED) is 0.920. The standard InChI is InChI=1S/C15H20N4O2/c1-18-10-11(9-17-18)8-13-14(21-2)5-7-19(13)15(20)12-4-3-6-16-12/h3-4,6,9-10,13-14,16H,5,7-8H2,1-2H3/t13-,14-/m1/s1. The summed E-state index contributed by atoms with van der Waals surface area (Å²) in [5.74, 6) is 0.0356. The van der Waals surface area contributed by atoms with Crippen LogP contribution >= 0.6 is 0 Å². The molecular weight excluding hydrogens is 268 g/mol. The van der Waals surface area contributed by atoms with Gasteiger partial charge >= 0.3 is 0 Å². The molecule has 6 heteroatoms. The van der Waals surface area contributed by atoms with Crippen LogP contribution in [-0.2, 0) is 18.2 Å². The number of likely N-dealkylation sites (tertiary alicyclic amines) is 1. The predicted octanol–water partition coefficient (Wildman–Crippen LogP) is 1.22. The van der Waals surface area contributed by atoms with E-state index >= 15 is 0 Å². The molecule has 2 aromatic heterocycles. The summed E-state index contributed by atoms with van der Waals surface area (Å²) in [5, 5.41) is 4.20. The van der Waals surface area contributed by atoms with Gasteiger partial charge in [-0.2, -0.15) is 5.10 Å². The smallest absolute Gasteiger partial charge is 0.270 e. The Balaban J connectivity index is 1.80. The van der Waals surface area contributed by atoms with Crippen molar-refractivity contribution >= 4 is 5.91 Å². The second kappa shape index (κ2) is 5.73. The number of carbonyl (C=O) groups is 1. The first-order chi connectivity index (χ1) is 10.2. The lowest BCUT2D eigenvalue weighted by atomic mass is 10.0. The monoisotopic (exact) mass is 288 g/mol. The highest BCUT2D eigenvalue weighted by atomic mass is 16.5. The Morgan fingerprint density at radius 3 is 3.05 bits per heavy atom. The highest BCUT2D eigenvalue weighted by Crippen LogP contribution is 2.25. The Morgan fingerprint density at radius 2 is 2.43 bits per heavy atom. The van der Waals surface area contributed by atoms with Gasteiger partial charge in [0.25, 0.3) is 5.91 Å². The molecule has 0 bridgehead atoms. The summed E-state index contributed by atoms with van der Waals surface area (Å²) in [6.45, 7) is 0.724. The van der Waals surface area contributed by atoms with Crippen molar-refractivity contribution in [2.24, 2.45) is 7.05 Å². The van der Waals surface area contributed by atoms with E-state index in [-0.39, 0.29) is 18.1 Å². The summed E-state index contributed by atoms with van der Waals surface area (Å²) < 4.78 is 7.35. The number of rotatable bonds is 4. The molecule has 3 heterocycles. The van der Waals surface area contributed by atoms with Gasteiger partial charge in [-0.15, -0.1) is 0 Å². The number of H-pyrrole nitrogens is 1. The zero-order valence-electron chi connectivity index (χ0n) is 12.3. The van der Waals surface area contributed by atoms with Crippen molar-refractivity contribution in [3.8, 4) is 0 Å². The lowest BCUT2D eigenvalue weighted by molar-refractivity contribution is 0.0505. The van der Waals surface area contributed by atoms with Crippen molar-refractivity contribution in [2.45, 2.75) is 25.0 Å². The third kappa shape index (κ3) is 2.71. The van der Waals surface area contributed by atoms with Crippen LogP contribution in [0.5, 0.6) is 0 Å². The Morgan fingerprint density at radius 1 is 1.57 bits per heavy atom. The molecule has 0 unspecified atom stereocenters. The van der Waals surface area contributed by atoms with Gasteiger partial charge in [0.15, 0.2) is 0 Å². The lowest BCUT2D eigenvalue weighted by Gasteiger charge is -2.27. The van der Waals surface area contributed by atoms with Gasteiger partial charge in [0, 0.05) is 33.1 Å². The van der Waals surface area contributed by atoms with Crippen molar-refractivity contribution in [3.05, 3.63) is 42.0 Å². The molecule has 112 valence electrons. The van der Waals surface area contributed by atoms with E-state index in [9.17, 15) is 4.79 Å². The molecule has 2 aromatic rings. The fourth-order valence-corrected chi connectivity index (χ4v) is 3.03. The number of ether oxygens (including phenoxy) is 1. The van der Waals surface area contributed by atoms with E-state index < -0.39 is 0 Å². The molecule has 0 saturated carbocycles. The number of amides is 1. The summed E-state index contributed by atoms with van der Waals surface area (Å²) in [7, 11) is 3.61. The number of aromatic amines is 1. The Kier molecular flexibility index (Phi) is 3.79. The van der Waals surface area contributed by atoms with Crippen molar-refractivity contribution in [3.63, 3.8) is 0 Å². The molecule has 0 aliphatic carbocycles. The van der Waals surface area contributed by atoms with Crippen LogP contribution in [0.25, 0.3) is 0 Å². The van der Waals surface area contributed by atoms with Crippen LogP contribution in [0.3, 0.4) is 0 Å². The SMILES string of the molecule is CO[C@@H]1CCN(C(=O)c2ccc[nH]2)[C@@H]1Cc1cnn(C)c1. The minimum Gasteiger partial charge on any atom is -0.379 e. The van der Waals surface area contributed by atoms with E-state index in [0.717, 1.165) is 24.9 Å². The van der Waals surface area contributed by atoms with Crippen LogP contribution in [0.1, 0.15) is 22.5 Å². The van der Waals surface area contributed by atoms with Crippen LogP contribution in [0.4, 0.5) is 0 Å². The summed E-state index contributed by atoms with van der Waals surface area (Å²) in [6.07, 6.45) is 7.31. The van der Waals surface area contributed by atoms with Crippen LogP contribution in [0.2, 0.25) is 0 Å². The van der Waals surface area contributed by atoms with Crippen LogP contribution in [0.15, 0.2) is 30.7 Å². The van der Waals surface area contributed by atoms with E-state index in [4.69, 9.17) is 4.74 Å². The molecule has 1 fully saturated rings. The van der Waals surface area contributed by atoms with Crippen LogP contribution in [0, 0.1) is 0 Å². The number of hydrogen-bond acceptors (Lipinski definition) is 3. The highest BCUT2D eigenvalue weighted by molar-refractivity contribution is 5.92. The molecule has 3 rings (SSSR count). The summed E-state index contributed by atoms with van der Waals surface area (Å²) >= 11 is 0. The number of nitrogens with one attached hydrogen (secondary N) is 1. The minimum atomic E-state index is 0.0356. The molecule has 1 saturated heterocycles. The molecule has 1 aliphatic heterocycles. The van der Waals surface area contributed by atoms with E-state index in [1.807, 2.05) is 36.5 Å². The summed E-state index contributed by atoms with van der Waals surface area (Å²) in [5.41, 5.74) is 1.75. The number of aryl methyl sites for hydroxylation is 1. The van der Waals surface area contributed by atoms with E-state index in [1.165, 1.54) is 0 Å². The number of hydrogen-bond donors (Lipinski definition) is 1. The van der Waals surface area contributed by atoms with Crippen LogP contribution in [-0.4, -0.2) is 51.4 Å². The molecule has 0 spiro atoms. The second-order valence-electron chi connectivity index (χ2n) is 5.44. The van der Waals surface area contributed by atoms with E-state index in [2.05, 4.69) is 10.1 Å². The maximum atomic E-state index is 12.6. The molecule has 0 aromatic carbocycles. The van der Waals surface area contributed by atoms with Gasteiger partial charge in [0.2, 0.25) is 0 Å².